The minimum absolute atomic E-state index is 0.0458. The lowest BCUT2D eigenvalue weighted by Crippen LogP contribution is -2.62. The molecule has 0 bridgehead atoms. The lowest BCUT2D eigenvalue weighted by Gasteiger charge is -2.52. The molecule has 0 radical (unpaired) electrons. The normalized spacial score (nSPS) is 19.1. The Morgan fingerprint density at radius 2 is 1.93 bits per heavy atom. The smallest absolute Gasteiger partial charge is 0.282 e. The van der Waals surface area contributed by atoms with Crippen LogP contribution in [0.5, 0.6) is 0 Å². The molecule has 5 rings (SSSR count). The number of aromatic nitrogens is 5. The lowest BCUT2D eigenvalue weighted by atomic mass is 9.75. The molecule has 0 aromatic carbocycles. The number of rotatable bonds is 4. The second-order valence-corrected chi connectivity index (χ2v) is 8.86. The average molecular weight is 435 g/mol. The maximum absolute atomic E-state index is 13.1. The van der Waals surface area contributed by atoms with Gasteiger partial charge in [0.25, 0.3) is 6.43 Å². The number of hydrogen-bond donors (Lipinski definition) is 1. The fourth-order valence-corrected chi connectivity index (χ4v) is 5.17. The highest BCUT2D eigenvalue weighted by molar-refractivity contribution is 7.69. The van der Waals surface area contributed by atoms with E-state index in [1.165, 1.54) is 27.3 Å². The van der Waals surface area contributed by atoms with Crippen molar-refractivity contribution in [2.24, 2.45) is 5.41 Å². The predicted octanol–water partition coefficient (Wildman–Crippen LogP) is 1.55. The van der Waals surface area contributed by atoms with E-state index in [0.717, 1.165) is 19.4 Å². The summed E-state index contributed by atoms with van der Waals surface area (Å²) >= 11 is 0. The molecule has 0 amide bonds. The van der Waals surface area contributed by atoms with Crippen LogP contribution in [-0.2, 0) is 10.9 Å². The van der Waals surface area contributed by atoms with Crippen LogP contribution < -0.4 is 4.90 Å². The first-order valence-electron chi connectivity index (χ1n) is 9.54. The Hall–Kier alpha value is -2.73. The molecule has 0 saturated carbocycles. The fraction of sp³-hybridized carbons (Fsp3) is 0.444. The van der Waals surface area contributed by atoms with Gasteiger partial charge in [0, 0.05) is 37.7 Å². The molecule has 158 valence electrons. The summed E-state index contributed by atoms with van der Waals surface area (Å²) in [6, 6.07) is 4.55. The van der Waals surface area contributed by atoms with Crippen molar-refractivity contribution in [1.82, 2.24) is 28.9 Å². The summed E-state index contributed by atoms with van der Waals surface area (Å²) in [4.78, 5) is 15.0. The van der Waals surface area contributed by atoms with Gasteiger partial charge in [-0.1, -0.05) is 0 Å². The van der Waals surface area contributed by atoms with Gasteiger partial charge in [0.05, 0.1) is 11.9 Å². The number of piperidine rings is 1. The van der Waals surface area contributed by atoms with Crippen LogP contribution in [0.2, 0.25) is 0 Å². The van der Waals surface area contributed by atoms with E-state index in [9.17, 15) is 17.2 Å². The molecule has 3 aromatic rings. The van der Waals surface area contributed by atoms with E-state index in [2.05, 4.69) is 25.0 Å². The van der Waals surface area contributed by atoms with Crippen LogP contribution in [-0.4, -0.2) is 63.5 Å². The zero-order valence-corrected chi connectivity index (χ0v) is 16.8. The molecule has 12 heteroatoms. The average Bonchev–Trinajstić information content (AvgIpc) is 3.15. The number of fused-ring (bicyclic) bond motifs is 1. The van der Waals surface area contributed by atoms with Gasteiger partial charge in [0.1, 0.15) is 23.5 Å². The number of halogens is 2. The van der Waals surface area contributed by atoms with Gasteiger partial charge in [0.2, 0.25) is 10.9 Å². The van der Waals surface area contributed by atoms with Crippen molar-refractivity contribution in [3.8, 4) is 11.4 Å². The van der Waals surface area contributed by atoms with Crippen molar-refractivity contribution in [1.29, 1.82) is 0 Å². The summed E-state index contributed by atoms with van der Waals surface area (Å²) in [6.45, 7) is 2.59. The molecule has 2 fully saturated rings. The third-order valence-electron chi connectivity index (χ3n) is 5.77. The van der Waals surface area contributed by atoms with Gasteiger partial charge in [-0.05, 0) is 25.0 Å². The highest BCUT2D eigenvalue weighted by atomic mass is 32.2. The number of thiol groups is 1. The third kappa shape index (κ3) is 3.29. The Labute approximate surface area is 172 Å². The minimum Gasteiger partial charge on any atom is -0.356 e. The predicted molar refractivity (Wildman–Crippen MR) is 105 cm³/mol. The molecule has 2 aliphatic rings. The third-order valence-corrected chi connectivity index (χ3v) is 6.52. The van der Waals surface area contributed by atoms with Gasteiger partial charge in [-0.15, -0.1) is 0 Å². The molecule has 1 spiro atoms. The van der Waals surface area contributed by atoms with Crippen LogP contribution in [0.15, 0.2) is 30.7 Å². The van der Waals surface area contributed by atoms with Gasteiger partial charge < -0.3 is 4.90 Å². The van der Waals surface area contributed by atoms with Crippen LogP contribution in [0, 0.1) is 5.41 Å². The van der Waals surface area contributed by atoms with Crippen LogP contribution in [0.3, 0.4) is 0 Å². The maximum atomic E-state index is 13.1. The minimum atomic E-state index is -2.68. The van der Waals surface area contributed by atoms with E-state index >= 15 is 0 Å². The molecule has 0 aliphatic carbocycles. The number of imidazole rings is 1. The molecule has 0 atom stereocenters. The molecule has 3 aromatic heterocycles. The molecule has 5 heterocycles. The Balaban J connectivity index is 1.44. The topological polar surface area (TPSA) is 96.6 Å². The first-order chi connectivity index (χ1) is 14.4. The standard InChI is InChI=1S/C18H19F2N7O2S/c19-17(20)12-2-3-15-21-7-14(27(15)24-12)13-6-16(23-11-22-13)25-5-1-4-18(8-25)9-26(10-18)30(28)29/h2-3,6-7,11,17,30H,1,4-5,8-10H2. The number of alkyl halides is 2. The molecular formula is C18H19F2N7O2S. The second-order valence-electron chi connectivity index (χ2n) is 7.82. The summed E-state index contributed by atoms with van der Waals surface area (Å²) < 4.78 is 51.3. The summed E-state index contributed by atoms with van der Waals surface area (Å²) in [5.74, 6) is 0.712. The summed E-state index contributed by atoms with van der Waals surface area (Å²) in [7, 11) is -2.53. The summed E-state index contributed by atoms with van der Waals surface area (Å²) in [5, 5.41) is 3.99. The van der Waals surface area contributed by atoms with Gasteiger partial charge in [-0.25, -0.2) is 41.0 Å². The van der Waals surface area contributed by atoms with Crippen LogP contribution in [0.25, 0.3) is 17.0 Å². The monoisotopic (exact) mass is 435 g/mol. The Morgan fingerprint density at radius 3 is 2.70 bits per heavy atom. The Kier molecular flexibility index (Phi) is 4.62. The van der Waals surface area contributed by atoms with Gasteiger partial charge >= 0.3 is 0 Å². The second kappa shape index (κ2) is 7.20. The maximum Gasteiger partial charge on any atom is 0.282 e. The van der Waals surface area contributed by atoms with E-state index < -0.39 is 17.3 Å². The van der Waals surface area contributed by atoms with Crippen molar-refractivity contribution < 1.29 is 17.2 Å². The molecule has 0 N–H and O–H groups in total. The number of hydrogen-bond acceptors (Lipinski definition) is 7. The van der Waals surface area contributed by atoms with Gasteiger partial charge in [0.15, 0.2) is 5.65 Å². The molecular weight excluding hydrogens is 416 g/mol. The van der Waals surface area contributed by atoms with Crippen molar-refractivity contribution in [2.75, 3.05) is 31.1 Å². The van der Waals surface area contributed by atoms with Crippen molar-refractivity contribution in [3.63, 3.8) is 0 Å². The van der Waals surface area contributed by atoms with Gasteiger partial charge in [-0.3, -0.25) is 0 Å². The number of nitrogens with zero attached hydrogens (tertiary/aromatic N) is 7. The van der Waals surface area contributed by atoms with Crippen LogP contribution >= 0.6 is 0 Å². The van der Waals surface area contributed by atoms with Gasteiger partial charge in [-0.2, -0.15) is 5.10 Å². The Morgan fingerprint density at radius 1 is 1.10 bits per heavy atom. The van der Waals surface area contributed by atoms with Crippen molar-refractivity contribution >= 4 is 22.4 Å². The zero-order valence-electron chi connectivity index (χ0n) is 15.9. The number of anilines is 1. The molecule has 0 unspecified atom stereocenters. The van der Waals surface area contributed by atoms with Crippen LogP contribution in [0.1, 0.15) is 25.0 Å². The van der Waals surface area contributed by atoms with Crippen LogP contribution in [0.4, 0.5) is 14.6 Å². The highest BCUT2D eigenvalue weighted by Crippen LogP contribution is 2.40. The summed E-state index contributed by atoms with van der Waals surface area (Å²) in [5.41, 5.74) is 1.11. The fourth-order valence-electron chi connectivity index (χ4n) is 4.34. The molecule has 2 aliphatic heterocycles. The van der Waals surface area contributed by atoms with E-state index in [-0.39, 0.29) is 11.1 Å². The van der Waals surface area contributed by atoms with E-state index in [0.29, 0.717) is 42.5 Å². The SMILES string of the molecule is O=[SH](=O)N1CC2(CCCN(c3cc(-c4cnc5ccc(C(F)F)nn45)ncn3)C2)C1. The van der Waals surface area contributed by atoms with Crippen molar-refractivity contribution in [3.05, 3.63) is 36.4 Å². The van der Waals surface area contributed by atoms with Crippen molar-refractivity contribution in [2.45, 2.75) is 19.3 Å². The van der Waals surface area contributed by atoms with E-state index in [4.69, 9.17) is 0 Å². The molecule has 9 nitrogen and oxygen atoms in total. The first kappa shape index (κ1) is 19.2. The van der Waals surface area contributed by atoms with E-state index in [1.54, 1.807) is 12.3 Å². The van der Waals surface area contributed by atoms with E-state index in [1.807, 2.05) is 0 Å². The Bertz CT molecular complexity index is 1170. The lowest BCUT2D eigenvalue weighted by molar-refractivity contribution is 0.0563. The molecule has 2 saturated heterocycles. The summed E-state index contributed by atoms with van der Waals surface area (Å²) in [6.07, 6.45) is 2.23. The highest BCUT2D eigenvalue weighted by Gasteiger charge is 2.47. The first-order valence-corrected chi connectivity index (χ1v) is 10.7. The quantitative estimate of drug-likeness (QED) is 0.621. The zero-order chi connectivity index (χ0) is 20.9. The molecule has 30 heavy (non-hydrogen) atoms. The largest absolute Gasteiger partial charge is 0.356 e.